The van der Waals surface area contributed by atoms with Gasteiger partial charge < -0.3 is 10.1 Å². The molecule has 1 aromatic rings. The van der Waals surface area contributed by atoms with Crippen molar-refractivity contribution in [2.45, 2.75) is 55.9 Å². The average molecular weight is 390 g/mol. The molecule has 1 atom stereocenters. The zero-order chi connectivity index (χ0) is 19.0. The van der Waals surface area contributed by atoms with E-state index in [4.69, 9.17) is 4.74 Å². The molecule has 0 saturated heterocycles. The lowest BCUT2D eigenvalue weighted by atomic mass is 9.53. The average Bonchev–Trinajstić information content (AvgIpc) is 2.64. The summed E-state index contributed by atoms with van der Waals surface area (Å²) in [5.74, 6) is 1.85. The van der Waals surface area contributed by atoms with Crippen LogP contribution in [-0.4, -0.2) is 34.0 Å². The quantitative estimate of drug-likeness (QED) is 0.759. The number of benzene rings is 1. The number of carbonyl (C=O) groups excluding carboxylic acids is 2. The highest BCUT2D eigenvalue weighted by molar-refractivity contribution is 7.85. The van der Waals surface area contributed by atoms with Gasteiger partial charge in [-0.15, -0.1) is 0 Å². The summed E-state index contributed by atoms with van der Waals surface area (Å²) in [6.45, 7) is 1.52. The molecule has 1 amide bonds. The second-order valence-corrected chi connectivity index (χ2v) is 10.2. The molecule has 5 rings (SSSR count). The van der Waals surface area contributed by atoms with Crippen molar-refractivity contribution in [1.82, 2.24) is 5.32 Å². The third-order valence-corrected chi connectivity index (χ3v) is 7.76. The Bertz CT molecular complexity index is 740. The molecule has 4 aliphatic carbocycles. The van der Waals surface area contributed by atoms with Crippen LogP contribution in [0.4, 0.5) is 0 Å². The maximum absolute atomic E-state index is 12.5. The van der Waals surface area contributed by atoms with E-state index in [9.17, 15) is 13.8 Å². The SMILES string of the molecule is CC[S@@](=O)c1ccccc1C(=O)OCC(=O)NC12CC3CC(CC(C3)C1)C2. The second kappa shape index (κ2) is 7.38. The van der Waals surface area contributed by atoms with Crippen molar-refractivity contribution < 1.29 is 18.5 Å². The van der Waals surface area contributed by atoms with Gasteiger partial charge in [-0.25, -0.2) is 4.79 Å². The highest BCUT2D eigenvalue weighted by Crippen LogP contribution is 2.55. The van der Waals surface area contributed by atoms with Gasteiger partial charge in [-0.05, 0) is 68.4 Å². The number of rotatable bonds is 6. The summed E-state index contributed by atoms with van der Waals surface area (Å²) < 4.78 is 17.4. The zero-order valence-corrected chi connectivity index (χ0v) is 16.6. The molecule has 1 N–H and O–H groups in total. The molecule has 4 saturated carbocycles. The van der Waals surface area contributed by atoms with Crippen molar-refractivity contribution >= 4 is 22.7 Å². The Kier molecular flexibility index (Phi) is 5.10. The van der Waals surface area contributed by atoms with Crippen LogP contribution in [0.25, 0.3) is 0 Å². The van der Waals surface area contributed by atoms with Crippen LogP contribution in [0, 0.1) is 17.8 Å². The third kappa shape index (κ3) is 3.82. The molecular formula is C21H27NO4S. The first-order valence-electron chi connectivity index (χ1n) is 9.93. The molecular weight excluding hydrogens is 362 g/mol. The molecule has 5 nitrogen and oxygen atoms in total. The summed E-state index contributed by atoms with van der Waals surface area (Å²) in [5, 5.41) is 3.20. The Morgan fingerprint density at radius 3 is 2.30 bits per heavy atom. The topological polar surface area (TPSA) is 72.5 Å². The Morgan fingerprint density at radius 1 is 1.11 bits per heavy atom. The van der Waals surface area contributed by atoms with Gasteiger partial charge >= 0.3 is 5.97 Å². The summed E-state index contributed by atoms with van der Waals surface area (Å²) in [5.41, 5.74) is 0.195. The molecule has 0 aliphatic heterocycles. The molecule has 27 heavy (non-hydrogen) atoms. The number of amides is 1. The van der Waals surface area contributed by atoms with E-state index >= 15 is 0 Å². The standard InChI is InChI=1S/C21H27NO4S/c1-2-27(25)18-6-4-3-5-17(18)20(24)26-13-19(23)22-21-10-14-7-15(11-21)9-16(8-14)12-21/h3-6,14-16H,2,7-13H2,1H3,(H,22,23)/t14?,15?,16?,21?,27-/m1/s1. The minimum Gasteiger partial charge on any atom is -0.452 e. The van der Waals surface area contributed by atoms with E-state index in [1.165, 1.54) is 19.3 Å². The molecule has 0 spiro atoms. The van der Waals surface area contributed by atoms with Gasteiger partial charge in [-0.1, -0.05) is 19.1 Å². The number of carbonyl (C=O) groups is 2. The fourth-order valence-corrected chi connectivity index (χ4v) is 6.73. The van der Waals surface area contributed by atoms with Gasteiger partial charge in [-0.3, -0.25) is 9.00 Å². The number of hydrogen-bond donors (Lipinski definition) is 1. The van der Waals surface area contributed by atoms with Gasteiger partial charge in [0.15, 0.2) is 6.61 Å². The fraction of sp³-hybridized carbons (Fsp3) is 0.619. The maximum Gasteiger partial charge on any atom is 0.339 e. The largest absolute Gasteiger partial charge is 0.452 e. The van der Waals surface area contributed by atoms with Gasteiger partial charge in [0, 0.05) is 11.3 Å². The van der Waals surface area contributed by atoms with Crippen molar-refractivity contribution in [3.05, 3.63) is 29.8 Å². The summed E-state index contributed by atoms with van der Waals surface area (Å²) in [6.07, 6.45) is 7.14. The van der Waals surface area contributed by atoms with Gasteiger partial charge in [0.25, 0.3) is 5.91 Å². The number of nitrogens with one attached hydrogen (secondary N) is 1. The van der Waals surface area contributed by atoms with Crippen LogP contribution < -0.4 is 5.32 Å². The van der Waals surface area contributed by atoms with Gasteiger partial charge in [-0.2, -0.15) is 0 Å². The van der Waals surface area contributed by atoms with E-state index in [0.717, 1.165) is 37.0 Å². The zero-order valence-electron chi connectivity index (χ0n) is 15.7. The first-order chi connectivity index (χ1) is 13.0. The molecule has 0 heterocycles. The Labute approximate surface area is 162 Å². The van der Waals surface area contributed by atoms with E-state index in [-0.39, 0.29) is 23.6 Å². The number of hydrogen-bond acceptors (Lipinski definition) is 4. The third-order valence-electron chi connectivity index (χ3n) is 6.39. The Morgan fingerprint density at radius 2 is 1.70 bits per heavy atom. The van der Waals surface area contributed by atoms with Crippen LogP contribution in [0.2, 0.25) is 0 Å². The van der Waals surface area contributed by atoms with Crippen molar-refractivity contribution in [3.8, 4) is 0 Å². The fourth-order valence-electron chi connectivity index (χ4n) is 5.79. The van der Waals surface area contributed by atoms with Gasteiger partial charge in [0.1, 0.15) is 0 Å². The Hall–Kier alpha value is -1.69. The lowest BCUT2D eigenvalue weighted by molar-refractivity contribution is -0.130. The molecule has 0 aromatic heterocycles. The highest BCUT2D eigenvalue weighted by Gasteiger charge is 2.51. The first-order valence-corrected chi connectivity index (χ1v) is 11.3. The minimum atomic E-state index is -1.25. The van der Waals surface area contributed by atoms with Crippen LogP contribution in [0.1, 0.15) is 55.8 Å². The number of esters is 1. The van der Waals surface area contributed by atoms with Crippen molar-refractivity contribution in [1.29, 1.82) is 0 Å². The van der Waals surface area contributed by atoms with E-state index in [2.05, 4.69) is 5.32 Å². The first kappa shape index (κ1) is 18.7. The summed E-state index contributed by atoms with van der Waals surface area (Å²) >= 11 is 0. The molecule has 146 valence electrons. The molecule has 4 aliphatic rings. The summed E-state index contributed by atoms with van der Waals surface area (Å²) in [6, 6.07) is 6.73. The van der Waals surface area contributed by atoms with Crippen molar-refractivity contribution in [3.63, 3.8) is 0 Å². The normalized spacial score (nSPS) is 32.1. The monoisotopic (exact) mass is 389 g/mol. The smallest absolute Gasteiger partial charge is 0.339 e. The maximum atomic E-state index is 12.5. The van der Waals surface area contributed by atoms with Crippen molar-refractivity contribution in [2.75, 3.05) is 12.4 Å². The lowest BCUT2D eigenvalue weighted by Crippen LogP contribution is -2.60. The molecule has 4 fully saturated rings. The predicted octanol–water partition coefficient (Wildman–Crippen LogP) is 3.06. The van der Waals surface area contributed by atoms with Crippen molar-refractivity contribution in [2.24, 2.45) is 17.8 Å². The van der Waals surface area contributed by atoms with Crippen LogP contribution >= 0.6 is 0 Å². The van der Waals surface area contributed by atoms with E-state index in [1.807, 2.05) is 0 Å². The summed E-state index contributed by atoms with van der Waals surface area (Å²) in [4.78, 5) is 25.4. The molecule has 0 radical (unpaired) electrons. The van der Waals surface area contributed by atoms with E-state index < -0.39 is 16.8 Å². The van der Waals surface area contributed by atoms with Gasteiger partial charge in [0.05, 0.1) is 21.3 Å². The lowest BCUT2D eigenvalue weighted by Gasteiger charge is -2.56. The van der Waals surface area contributed by atoms with Gasteiger partial charge in [0.2, 0.25) is 0 Å². The Balaban J connectivity index is 1.36. The second-order valence-electron chi connectivity index (χ2n) is 8.45. The predicted molar refractivity (Wildman–Crippen MR) is 103 cm³/mol. The van der Waals surface area contributed by atoms with Crippen LogP contribution in [0.15, 0.2) is 29.2 Å². The number of ether oxygens (including phenoxy) is 1. The molecule has 6 heteroatoms. The van der Waals surface area contributed by atoms with Crippen LogP contribution in [0.5, 0.6) is 0 Å². The minimum absolute atomic E-state index is 0.0835. The molecule has 0 unspecified atom stereocenters. The summed E-state index contributed by atoms with van der Waals surface area (Å²) in [7, 11) is -1.25. The highest BCUT2D eigenvalue weighted by atomic mass is 32.2. The molecule has 1 aromatic carbocycles. The molecule has 4 bridgehead atoms. The van der Waals surface area contributed by atoms with E-state index in [0.29, 0.717) is 10.6 Å². The van der Waals surface area contributed by atoms with Crippen LogP contribution in [0.3, 0.4) is 0 Å². The van der Waals surface area contributed by atoms with E-state index in [1.54, 1.807) is 31.2 Å². The van der Waals surface area contributed by atoms with Crippen LogP contribution in [-0.2, 0) is 20.3 Å².